The zero-order valence-electron chi connectivity index (χ0n) is 17.3. The molecular formula is C20H34IN5OS. The molecular weight excluding hydrogens is 485 g/mol. The summed E-state index contributed by atoms with van der Waals surface area (Å²) in [6.45, 7) is 6.40. The Balaban J connectivity index is 0.00000280. The molecule has 1 aliphatic heterocycles. The van der Waals surface area contributed by atoms with E-state index in [2.05, 4.69) is 15.6 Å². The molecule has 0 bridgehead atoms. The van der Waals surface area contributed by atoms with Gasteiger partial charge in [-0.3, -0.25) is 9.79 Å². The Morgan fingerprint density at radius 1 is 1.36 bits per heavy atom. The number of amides is 1. The number of guanidine groups is 1. The lowest BCUT2D eigenvalue weighted by atomic mass is 10.0. The molecule has 0 saturated carbocycles. The standard InChI is InChI=1S/C20H33N5OS.HI/c1-14(2)19(26)25-12-10-15(13-25)23-20(21-3)22-11-6-9-18-24-16-7-4-5-8-17(16)27-18;/h14-15H,4-13H2,1-3H3,(H2,21,22,23);1H. The zero-order valence-corrected chi connectivity index (χ0v) is 20.4. The van der Waals surface area contributed by atoms with Crippen molar-refractivity contribution < 1.29 is 4.79 Å². The summed E-state index contributed by atoms with van der Waals surface area (Å²) in [4.78, 5) is 24.7. The Bertz CT molecular complexity index is 652. The topological polar surface area (TPSA) is 69.6 Å². The second kappa shape index (κ2) is 11.3. The van der Waals surface area contributed by atoms with Crippen LogP contribution in [0.5, 0.6) is 0 Å². The Morgan fingerprint density at radius 2 is 2.14 bits per heavy atom. The van der Waals surface area contributed by atoms with Crippen molar-refractivity contribution in [3.8, 4) is 0 Å². The number of carbonyl (C=O) groups is 1. The molecule has 1 unspecified atom stereocenters. The second-order valence-electron chi connectivity index (χ2n) is 7.86. The molecule has 1 aromatic heterocycles. The number of hydrogen-bond donors (Lipinski definition) is 2. The van der Waals surface area contributed by atoms with Crippen LogP contribution in [0.2, 0.25) is 0 Å². The van der Waals surface area contributed by atoms with Crippen molar-refractivity contribution in [2.45, 2.75) is 64.8 Å². The molecule has 1 fully saturated rings. The van der Waals surface area contributed by atoms with Crippen molar-refractivity contribution >= 4 is 47.2 Å². The molecule has 0 aromatic carbocycles. The van der Waals surface area contributed by atoms with E-state index in [9.17, 15) is 4.79 Å². The molecule has 0 radical (unpaired) electrons. The number of aromatic nitrogens is 1. The van der Waals surface area contributed by atoms with Crippen LogP contribution >= 0.6 is 35.3 Å². The van der Waals surface area contributed by atoms with Crippen LogP contribution in [0.15, 0.2) is 4.99 Å². The van der Waals surface area contributed by atoms with Crippen LogP contribution in [-0.2, 0) is 24.1 Å². The van der Waals surface area contributed by atoms with Crippen LogP contribution in [-0.4, -0.2) is 54.5 Å². The zero-order chi connectivity index (χ0) is 19.2. The van der Waals surface area contributed by atoms with E-state index in [4.69, 9.17) is 4.98 Å². The summed E-state index contributed by atoms with van der Waals surface area (Å²) in [7, 11) is 1.80. The quantitative estimate of drug-likeness (QED) is 0.263. The van der Waals surface area contributed by atoms with Gasteiger partial charge in [0, 0.05) is 49.9 Å². The number of thiazole rings is 1. The van der Waals surface area contributed by atoms with Gasteiger partial charge in [0.25, 0.3) is 0 Å². The average molecular weight is 519 g/mol. The molecule has 3 rings (SSSR count). The smallest absolute Gasteiger partial charge is 0.225 e. The van der Waals surface area contributed by atoms with E-state index in [1.54, 1.807) is 7.05 Å². The van der Waals surface area contributed by atoms with Gasteiger partial charge in [0.2, 0.25) is 5.91 Å². The fourth-order valence-electron chi connectivity index (χ4n) is 3.79. The van der Waals surface area contributed by atoms with Crippen LogP contribution in [0.25, 0.3) is 0 Å². The number of nitrogens with one attached hydrogen (secondary N) is 2. The molecule has 1 amide bonds. The third kappa shape index (κ3) is 6.30. The minimum atomic E-state index is 0. The minimum Gasteiger partial charge on any atom is -0.356 e. The number of likely N-dealkylation sites (tertiary alicyclic amines) is 1. The van der Waals surface area contributed by atoms with Gasteiger partial charge in [0.15, 0.2) is 5.96 Å². The van der Waals surface area contributed by atoms with E-state index in [1.165, 1.54) is 41.3 Å². The minimum absolute atomic E-state index is 0. The largest absolute Gasteiger partial charge is 0.356 e. The van der Waals surface area contributed by atoms with E-state index < -0.39 is 0 Å². The lowest BCUT2D eigenvalue weighted by Crippen LogP contribution is -2.45. The average Bonchev–Trinajstić information content (AvgIpc) is 3.29. The summed E-state index contributed by atoms with van der Waals surface area (Å²) in [6, 6.07) is 0.282. The molecule has 6 nitrogen and oxygen atoms in total. The molecule has 1 aliphatic carbocycles. The number of hydrogen-bond acceptors (Lipinski definition) is 4. The third-order valence-electron chi connectivity index (χ3n) is 5.31. The summed E-state index contributed by atoms with van der Waals surface area (Å²) < 4.78 is 0. The number of aryl methyl sites for hydroxylation is 3. The van der Waals surface area contributed by atoms with Crippen molar-refractivity contribution in [3.05, 3.63) is 15.6 Å². The molecule has 1 atom stereocenters. The fourth-order valence-corrected chi connectivity index (χ4v) is 4.99. The number of nitrogens with zero attached hydrogens (tertiary/aromatic N) is 3. The van der Waals surface area contributed by atoms with Crippen molar-refractivity contribution in [1.82, 2.24) is 20.5 Å². The van der Waals surface area contributed by atoms with Crippen molar-refractivity contribution in [2.24, 2.45) is 10.9 Å². The number of rotatable bonds is 6. The molecule has 8 heteroatoms. The maximum absolute atomic E-state index is 12.1. The monoisotopic (exact) mass is 519 g/mol. The molecule has 158 valence electrons. The van der Waals surface area contributed by atoms with E-state index in [0.717, 1.165) is 44.9 Å². The molecule has 2 aliphatic rings. The molecule has 0 spiro atoms. The van der Waals surface area contributed by atoms with Gasteiger partial charge >= 0.3 is 0 Å². The van der Waals surface area contributed by atoms with Gasteiger partial charge < -0.3 is 15.5 Å². The predicted octanol–water partition coefficient (Wildman–Crippen LogP) is 2.99. The van der Waals surface area contributed by atoms with E-state index in [-0.39, 0.29) is 41.8 Å². The predicted molar refractivity (Wildman–Crippen MR) is 127 cm³/mol. The van der Waals surface area contributed by atoms with Crippen molar-refractivity contribution in [3.63, 3.8) is 0 Å². The maximum atomic E-state index is 12.1. The summed E-state index contributed by atoms with van der Waals surface area (Å²) >= 11 is 1.91. The number of aliphatic imine (C=N–C) groups is 1. The first-order valence-corrected chi connectivity index (χ1v) is 11.1. The number of halogens is 1. The summed E-state index contributed by atoms with van der Waals surface area (Å²) in [6.07, 6.45) is 8.06. The SMILES string of the molecule is CN=C(NCCCc1nc2c(s1)CCCC2)NC1CCN(C(=O)C(C)C)C1.I. The Kier molecular flexibility index (Phi) is 9.46. The third-order valence-corrected chi connectivity index (χ3v) is 6.53. The lowest BCUT2D eigenvalue weighted by Gasteiger charge is -2.20. The lowest BCUT2D eigenvalue weighted by molar-refractivity contribution is -0.133. The molecule has 2 N–H and O–H groups in total. The van der Waals surface area contributed by atoms with Crippen molar-refractivity contribution in [1.29, 1.82) is 0 Å². The van der Waals surface area contributed by atoms with Gasteiger partial charge in [0.1, 0.15) is 0 Å². The molecule has 28 heavy (non-hydrogen) atoms. The highest BCUT2D eigenvalue weighted by molar-refractivity contribution is 14.0. The van der Waals surface area contributed by atoms with Gasteiger partial charge in [-0.25, -0.2) is 4.98 Å². The normalized spacial score (nSPS) is 19.4. The van der Waals surface area contributed by atoms with E-state index in [0.29, 0.717) is 0 Å². The second-order valence-corrected chi connectivity index (χ2v) is 9.02. The highest BCUT2D eigenvalue weighted by Crippen LogP contribution is 2.27. The molecule has 1 aromatic rings. The summed E-state index contributed by atoms with van der Waals surface area (Å²) in [5.74, 6) is 1.14. The first-order chi connectivity index (χ1) is 13.1. The van der Waals surface area contributed by atoms with Crippen LogP contribution in [0.1, 0.15) is 55.1 Å². The Morgan fingerprint density at radius 3 is 2.86 bits per heavy atom. The van der Waals surface area contributed by atoms with Gasteiger partial charge in [-0.1, -0.05) is 13.8 Å². The van der Waals surface area contributed by atoms with Gasteiger partial charge in [-0.05, 0) is 38.5 Å². The van der Waals surface area contributed by atoms with Crippen molar-refractivity contribution in [2.75, 3.05) is 26.7 Å². The molecule has 2 heterocycles. The van der Waals surface area contributed by atoms with Crippen LogP contribution in [0.3, 0.4) is 0 Å². The Hall–Kier alpha value is -0.900. The van der Waals surface area contributed by atoms with Gasteiger partial charge in [-0.15, -0.1) is 35.3 Å². The van der Waals surface area contributed by atoms with Gasteiger partial charge in [-0.2, -0.15) is 0 Å². The van der Waals surface area contributed by atoms with Crippen LogP contribution < -0.4 is 10.6 Å². The first-order valence-electron chi connectivity index (χ1n) is 10.3. The molecule has 1 saturated heterocycles. The van der Waals surface area contributed by atoms with E-state index in [1.807, 2.05) is 30.1 Å². The first kappa shape index (κ1) is 23.4. The maximum Gasteiger partial charge on any atom is 0.225 e. The summed E-state index contributed by atoms with van der Waals surface area (Å²) in [5, 5.41) is 8.15. The highest BCUT2D eigenvalue weighted by Gasteiger charge is 2.27. The van der Waals surface area contributed by atoms with Crippen LogP contribution in [0.4, 0.5) is 0 Å². The van der Waals surface area contributed by atoms with Crippen LogP contribution in [0, 0.1) is 5.92 Å². The fraction of sp³-hybridized carbons (Fsp3) is 0.750. The Labute approximate surface area is 190 Å². The van der Waals surface area contributed by atoms with Gasteiger partial charge in [0.05, 0.1) is 10.7 Å². The highest BCUT2D eigenvalue weighted by atomic mass is 127. The number of carbonyl (C=O) groups excluding carboxylic acids is 1. The van der Waals surface area contributed by atoms with E-state index >= 15 is 0 Å². The summed E-state index contributed by atoms with van der Waals surface area (Å²) in [5.41, 5.74) is 1.36. The number of fused-ring (bicyclic) bond motifs is 1.